The molecule has 1 rings (SSSR count). The molecule has 1 aliphatic heterocycles. The van der Waals surface area contributed by atoms with Crippen molar-refractivity contribution in [2.75, 3.05) is 5.08 Å². The first-order valence-electron chi connectivity index (χ1n) is 4.17. The zero-order valence-corrected chi connectivity index (χ0v) is 9.67. The fraction of sp³-hybridized carbons (Fsp3) is 1.00. The van der Waals surface area contributed by atoms with E-state index in [0.29, 0.717) is 0 Å². The van der Waals surface area contributed by atoms with Crippen molar-refractivity contribution in [3.63, 3.8) is 0 Å². The highest BCUT2D eigenvalue weighted by molar-refractivity contribution is 8.24. The second-order valence-electron chi connectivity index (χ2n) is 3.61. The van der Waals surface area contributed by atoms with Crippen LogP contribution in [0.5, 0.6) is 0 Å². The van der Waals surface area contributed by atoms with Crippen LogP contribution in [0.1, 0.15) is 12.8 Å². The van der Waals surface area contributed by atoms with Gasteiger partial charge in [0.05, 0.1) is 0 Å². The maximum absolute atomic E-state index is 12.4. The maximum Gasteiger partial charge on any atom is 0.453 e. The highest BCUT2D eigenvalue weighted by Gasteiger charge is 2.59. The van der Waals surface area contributed by atoms with Gasteiger partial charge in [-0.25, -0.2) is 16.8 Å². The second-order valence-corrected chi connectivity index (χ2v) is 8.64. The van der Waals surface area contributed by atoms with Gasteiger partial charge in [-0.1, -0.05) is 0 Å². The van der Waals surface area contributed by atoms with Crippen LogP contribution in [-0.2, 0) is 19.7 Å². The maximum atomic E-state index is 12.4. The molecule has 102 valence electrons. The molecule has 1 fully saturated rings. The molecule has 11 heteroatoms. The van der Waals surface area contributed by atoms with Gasteiger partial charge in [0, 0.05) is 6.42 Å². The van der Waals surface area contributed by atoms with Crippen LogP contribution < -0.4 is 0 Å². The Morgan fingerprint density at radius 3 is 1.65 bits per heavy atom. The minimum Gasteiger partial charge on any atom is -0.226 e. The van der Waals surface area contributed by atoms with Gasteiger partial charge in [-0.3, -0.25) is 0 Å². The molecule has 0 N–H and O–H groups in total. The zero-order valence-electron chi connectivity index (χ0n) is 8.04. The van der Waals surface area contributed by atoms with Gasteiger partial charge >= 0.3 is 12.1 Å². The van der Waals surface area contributed by atoms with Crippen molar-refractivity contribution < 1.29 is 38.8 Å². The average molecular weight is 302 g/mol. The molecular weight excluding hydrogens is 295 g/mol. The van der Waals surface area contributed by atoms with Crippen molar-refractivity contribution in [1.82, 2.24) is 0 Å². The van der Waals surface area contributed by atoms with E-state index >= 15 is 0 Å². The Hall–Kier alpha value is -0.450. The summed E-state index contributed by atoms with van der Waals surface area (Å²) in [4.78, 5) is 0. The summed E-state index contributed by atoms with van der Waals surface area (Å²) >= 11 is 0. The first-order valence-corrected chi connectivity index (χ1v) is 7.60. The van der Waals surface area contributed by atoms with Gasteiger partial charge in [0.15, 0.2) is 29.3 Å². The van der Waals surface area contributed by atoms with Crippen LogP contribution in [0.2, 0.25) is 0 Å². The Balaban J connectivity index is 2.76. The molecule has 0 saturated carbocycles. The number of rotatable bonds is 3. The molecule has 1 saturated heterocycles. The number of alkyl halides is 5. The molecular formula is C6H7F5O4S2. The minimum atomic E-state index is -5.82. The normalized spacial score (nSPS) is 24.3. The molecule has 17 heavy (non-hydrogen) atoms. The predicted molar refractivity (Wildman–Crippen MR) is 46.7 cm³/mol. The fourth-order valence-corrected chi connectivity index (χ4v) is 6.52. The summed E-state index contributed by atoms with van der Waals surface area (Å²) in [5.74, 6) is -5.09. The van der Waals surface area contributed by atoms with Crippen molar-refractivity contribution in [3.8, 4) is 0 Å². The van der Waals surface area contributed by atoms with Crippen molar-refractivity contribution in [2.24, 2.45) is 0 Å². The lowest BCUT2D eigenvalue weighted by Gasteiger charge is -2.28. The fourth-order valence-electron chi connectivity index (χ4n) is 1.33. The molecule has 1 aliphatic rings. The Kier molecular flexibility index (Phi) is 3.24. The van der Waals surface area contributed by atoms with Gasteiger partial charge in [-0.05, 0) is 6.42 Å². The second kappa shape index (κ2) is 3.77. The molecule has 0 unspecified atom stereocenters. The quantitative estimate of drug-likeness (QED) is 0.732. The number of hydrogen-bond acceptors (Lipinski definition) is 4. The van der Waals surface area contributed by atoms with Crippen LogP contribution in [0.4, 0.5) is 22.0 Å². The molecule has 0 aliphatic carbocycles. The van der Waals surface area contributed by atoms with Gasteiger partial charge in [0.25, 0.3) is 0 Å². The van der Waals surface area contributed by atoms with E-state index in [1.54, 1.807) is 0 Å². The van der Waals surface area contributed by atoms with Gasteiger partial charge in [-0.2, -0.15) is 22.0 Å². The number of halogens is 5. The van der Waals surface area contributed by atoms with Crippen molar-refractivity contribution in [1.29, 1.82) is 0 Å². The van der Waals surface area contributed by atoms with E-state index in [-0.39, 0.29) is 0 Å². The Bertz CT molecular complexity index is 471. The largest absolute Gasteiger partial charge is 0.453 e. The summed E-state index contributed by atoms with van der Waals surface area (Å²) < 4.78 is 102. The van der Waals surface area contributed by atoms with Crippen LogP contribution in [0, 0.1) is 0 Å². The van der Waals surface area contributed by atoms with Crippen LogP contribution in [-0.4, -0.2) is 38.6 Å². The Labute approximate surface area is 93.6 Å². The van der Waals surface area contributed by atoms with E-state index in [4.69, 9.17) is 0 Å². The van der Waals surface area contributed by atoms with Crippen LogP contribution >= 0.6 is 0 Å². The predicted octanol–water partition coefficient (Wildman–Crippen LogP) is 1.09. The summed E-state index contributed by atoms with van der Waals surface area (Å²) in [7, 11) is -8.17. The van der Waals surface area contributed by atoms with E-state index in [0.717, 1.165) is 0 Å². The van der Waals surface area contributed by atoms with E-state index in [2.05, 4.69) is 0 Å². The molecule has 0 atom stereocenters. The average Bonchev–Trinajstić information content (AvgIpc) is 1.97. The molecule has 0 radical (unpaired) electrons. The zero-order chi connectivity index (χ0) is 13.7. The van der Waals surface area contributed by atoms with Gasteiger partial charge < -0.3 is 0 Å². The molecule has 0 amide bonds. The summed E-state index contributed by atoms with van der Waals surface area (Å²) in [5.41, 5.74) is 0. The summed E-state index contributed by atoms with van der Waals surface area (Å²) in [6.45, 7) is 0. The van der Waals surface area contributed by atoms with Gasteiger partial charge in [-0.15, -0.1) is 0 Å². The highest BCUT2D eigenvalue weighted by atomic mass is 32.3. The molecule has 4 nitrogen and oxygen atoms in total. The lowest BCUT2D eigenvalue weighted by Crippen LogP contribution is -2.48. The van der Waals surface area contributed by atoms with Crippen molar-refractivity contribution in [3.05, 3.63) is 0 Å². The Morgan fingerprint density at radius 2 is 1.35 bits per heavy atom. The third kappa shape index (κ3) is 2.69. The third-order valence-corrected chi connectivity index (χ3v) is 8.70. The van der Waals surface area contributed by atoms with Crippen LogP contribution in [0.3, 0.4) is 0 Å². The number of sulfone groups is 2. The third-order valence-electron chi connectivity index (χ3n) is 2.24. The van der Waals surface area contributed by atoms with E-state index in [9.17, 15) is 38.8 Å². The topological polar surface area (TPSA) is 68.3 Å². The smallest absolute Gasteiger partial charge is 0.226 e. The van der Waals surface area contributed by atoms with Gasteiger partial charge in [0.1, 0.15) is 0 Å². The standard InChI is InChI=1S/C6H7F5O4S2/c7-5(8,6(9,10)11)2-1-4-16(12,13)3-17(4,14)15/h4H,1-3H2. The van der Waals surface area contributed by atoms with Crippen LogP contribution in [0.25, 0.3) is 0 Å². The molecule has 0 aromatic carbocycles. The molecule has 1 heterocycles. The summed E-state index contributed by atoms with van der Waals surface area (Å²) in [6.07, 6.45) is -8.93. The van der Waals surface area contributed by atoms with E-state index in [1.807, 2.05) is 0 Å². The number of hydrogen-bond donors (Lipinski definition) is 0. The van der Waals surface area contributed by atoms with E-state index in [1.165, 1.54) is 0 Å². The summed E-state index contributed by atoms with van der Waals surface area (Å²) in [5, 5.41) is -1.19. The van der Waals surface area contributed by atoms with Crippen molar-refractivity contribution >= 4 is 19.7 Å². The van der Waals surface area contributed by atoms with Crippen LogP contribution in [0.15, 0.2) is 0 Å². The lowest BCUT2D eigenvalue weighted by atomic mass is 10.2. The molecule has 0 bridgehead atoms. The van der Waals surface area contributed by atoms with E-state index < -0.39 is 54.3 Å². The highest BCUT2D eigenvalue weighted by Crippen LogP contribution is 2.41. The first-order chi connectivity index (χ1) is 7.30. The first kappa shape index (κ1) is 14.6. The molecule has 0 aromatic rings. The SMILES string of the molecule is O=S1(=O)CS(=O)(=O)C1CCC(F)(F)C(F)(F)F. The molecule has 0 aromatic heterocycles. The monoisotopic (exact) mass is 302 g/mol. The lowest BCUT2D eigenvalue weighted by molar-refractivity contribution is -0.284. The Morgan fingerprint density at radius 1 is 0.941 bits per heavy atom. The minimum absolute atomic E-state index is 1.19. The summed E-state index contributed by atoms with van der Waals surface area (Å²) in [6, 6.07) is 0. The molecule has 0 spiro atoms. The van der Waals surface area contributed by atoms with Crippen molar-refractivity contribution in [2.45, 2.75) is 29.5 Å². The van der Waals surface area contributed by atoms with Gasteiger partial charge in [0.2, 0.25) is 0 Å².